The predicted octanol–water partition coefficient (Wildman–Crippen LogP) is 3.52. The lowest BCUT2D eigenvalue weighted by atomic mass is 9.98. The summed E-state index contributed by atoms with van der Waals surface area (Å²) >= 11 is 3.04. The molecule has 1 aromatic heterocycles. The number of rotatable bonds is 7. The van der Waals surface area contributed by atoms with Gasteiger partial charge in [-0.3, -0.25) is 14.4 Å². The molecule has 1 aliphatic carbocycles. The number of thioether (sulfide) groups is 1. The Morgan fingerprint density at radius 1 is 1.00 bits per heavy atom. The first kappa shape index (κ1) is 25.8. The van der Waals surface area contributed by atoms with Gasteiger partial charge in [0, 0.05) is 48.1 Å². The monoisotopic (exact) mass is 556 g/mol. The van der Waals surface area contributed by atoms with Gasteiger partial charge in [-0.25, -0.2) is 4.98 Å². The average Bonchev–Trinajstić information content (AvgIpc) is 3.35. The number of aromatic nitrogens is 1. The molecule has 9 nitrogen and oxygen atoms in total. The highest BCUT2D eigenvalue weighted by Gasteiger charge is 2.47. The summed E-state index contributed by atoms with van der Waals surface area (Å²) in [7, 11) is 0. The van der Waals surface area contributed by atoms with Gasteiger partial charge in [0.2, 0.25) is 5.91 Å². The minimum atomic E-state index is -0.568. The van der Waals surface area contributed by atoms with Crippen LogP contribution in [0.15, 0.2) is 29.6 Å². The van der Waals surface area contributed by atoms with Gasteiger partial charge < -0.3 is 25.0 Å². The number of ether oxygens (including phenoxy) is 2. The molecule has 1 saturated carbocycles. The Morgan fingerprint density at radius 2 is 1.79 bits per heavy atom. The number of benzene rings is 1. The topological polar surface area (TPSA) is 110 Å². The zero-order chi connectivity index (χ0) is 26.1. The molecule has 4 aliphatic rings. The predicted molar refractivity (Wildman–Crippen MR) is 146 cm³/mol. The summed E-state index contributed by atoms with van der Waals surface area (Å²) in [5.41, 5.74) is 2.22. The third kappa shape index (κ3) is 5.61. The van der Waals surface area contributed by atoms with Crippen molar-refractivity contribution in [3.8, 4) is 11.3 Å². The molecule has 6 rings (SSSR count). The summed E-state index contributed by atoms with van der Waals surface area (Å²) in [4.78, 5) is 45.7. The van der Waals surface area contributed by atoms with Crippen molar-refractivity contribution < 1.29 is 23.9 Å². The molecular weight excluding hydrogens is 524 g/mol. The van der Waals surface area contributed by atoms with Crippen LogP contribution in [0.5, 0.6) is 0 Å². The highest BCUT2D eigenvalue weighted by atomic mass is 32.2. The smallest absolute Gasteiger partial charge is 0.253 e. The zero-order valence-corrected chi connectivity index (χ0v) is 22.7. The number of carbonyl (C=O) groups excluding carboxylic acids is 3. The molecule has 3 amide bonds. The van der Waals surface area contributed by atoms with Crippen LogP contribution in [0.1, 0.15) is 48.9 Å². The summed E-state index contributed by atoms with van der Waals surface area (Å²) in [6, 6.07) is 7.08. The summed E-state index contributed by atoms with van der Waals surface area (Å²) in [5, 5.41) is 8.28. The number of hydrogen-bond acceptors (Lipinski definition) is 8. The molecule has 1 aromatic carbocycles. The summed E-state index contributed by atoms with van der Waals surface area (Å²) in [5.74, 6) is 0.509. The third-order valence-electron chi connectivity index (χ3n) is 7.56. The van der Waals surface area contributed by atoms with E-state index in [9.17, 15) is 14.4 Å². The zero-order valence-electron chi connectivity index (χ0n) is 21.1. The number of nitrogens with one attached hydrogen (secondary N) is 2. The van der Waals surface area contributed by atoms with Crippen LogP contribution in [0.4, 0.5) is 5.13 Å². The van der Waals surface area contributed by atoms with Gasteiger partial charge in [0.1, 0.15) is 12.1 Å². The summed E-state index contributed by atoms with van der Waals surface area (Å²) in [6.45, 7) is 1.97. The highest BCUT2D eigenvalue weighted by molar-refractivity contribution is 8.00. The molecule has 4 fully saturated rings. The lowest BCUT2D eigenvalue weighted by Crippen LogP contribution is -2.53. The van der Waals surface area contributed by atoms with Crippen molar-refractivity contribution in [3.05, 3.63) is 35.2 Å². The van der Waals surface area contributed by atoms with Crippen LogP contribution in [-0.2, 0) is 19.1 Å². The van der Waals surface area contributed by atoms with Crippen LogP contribution in [0.2, 0.25) is 0 Å². The van der Waals surface area contributed by atoms with E-state index in [0.717, 1.165) is 43.4 Å². The first-order chi connectivity index (χ1) is 18.6. The van der Waals surface area contributed by atoms with E-state index in [1.807, 2.05) is 17.5 Å². The maximum absolute atomic E-state index is 13.5. The highest BCUT2D eigenvalue weighted by Crippen LogP contribution is 2.40. The van der Waals surface area contributed by atoms with Gasteiger partial charge in [-0.1, -0.05) is 12.1 Å². The fourth-order valence-electron chi connectivity index (χ4n) is 5.25. The fourth-order valence-corrected chi connectivity index (χ4v) is 7.62. The molecule has 202 valence electrons. The standard InChI is InChI=1S/C27H32N4O5S2/c32-23(28-19-7-8-19)17-5-3-16(4-6-17)20-14-38-27(29-20)30-24(33)21-15-37-26(18-9-12-35-13-10-18)31(21)25(34)22-2-1-11-36-22/h3-6,14,18-19,21-22,26H,1-2,7-13,15H2,(H,28,32)(H,29,30,33). The van der Waals surface area contributed by atoms with E-state index >= 15 is 0 Å². The van der Waals surface area contributed by atoms with Crippen molar-refractivity contribution in [3.63, 3.8) is 0 Å². The molecule has 0 spiro atoms. The summed E-state index contributed by atoms with van der Waals surface area (Å²) in [6.07, 6.45) is 4.97. The minimum absolute atomic E-state index is 0.0474. The molecule has 2 N–H and O–H groups in total. The second-order valence-electron chi connectivity index (χ2n) is 10.3. The van der Waals surface area contributed by atoms with Crippen LogP contribution < -0.4 is 10.6 Å². The first-order valence-electron chi connectivity index (χ1n) is 13.4. The van der Waals surface area contributed by atoms with Crippen molar-refractivity contribution >= 4 is 46.0 Å². The van der Waals surface area contributed by atoms with E-state index in [1.54, 1.807) is 28.8 Å². The van der Waals surface area contributed by atoms with Crippen LogP contribution in [0.3, 0.4) is 0 Å². The molecule has 0 bridgehead atoms. The van der Waals surface area contributed by atoms with Crippen LogP contribution in [-0.4, -0.2) is 76.7 Å². The number of carbonyl (C=O) groups is 3. The second kappa shape index (κ2) is 11.3. The maximum atomic E-state index is 13.5. The largest absolute Gasteiger partial charge is 0.381 e. The van der Waals surface area contributed by atoms with Crippen LogP contribution >= 0.6 is 23.1 Å². The average molecular weight is 557 g/mol. The normalized spacial score (nSPS) is 25.9. The molecule has 3 atom stereocenters. The van der Waals surface area contributed by atoms with Gasteiger partial charge in [0.15, 0.2) is 5.13 Å². The lowest BCUT2D eigenvalue weighted by molar-refractivity contribution is -0.147. The van der Waals surface area contributed by atoms with Gasteiger partial charge in [-0.05, 0) is 56.6 Å². The van der Waals surface area contributed by atoms with Gasteiger partial charge in [0.05, 0.1) is 11.1 Å². The number of amides is 3. The van der Waals surface area contributed by atoms with Crippen molar-refractivity contribution in [2.45, 2.75) is 62.1 Å². The van der Waals surface area contributed by atoms with Crippen molar-refractivity contribution in [1.82, 2.24) is 15.2 Å². The minimum Gasteiger partial charge on any atom is -0.381 e. The first-order valence-corrected chi connectivity index (χ1v) is 15.3. The number of hydrogen-bond donors (Lipinski definition) is 2. The Balaban J connectivity index is 1.13. The van der Waals surface area contributed by atoms with E-state index in [1.165, 1.54) is 11.3 Å². The molecule has 2 aromatic rings. The second-order valence-corrected chi connectivity index (χ2v) is 12.3. The van der Waals surface area contributed by atoms with E-state index in [2.05, 4.69) is 15.6 Å². The fraction of sp³-hybridized carbons (Fsp3) is 0.556. The van der Waals surface area contributed by atoms with Crippen LogP contribution in [0, 0.1) is 5.92 Å². The van der Waals surface area contributed by atoms with Gasteiger partial charge in [0.25, 0.3) is 11.8 Å². The molecule has 4 heterocycles. The molecule has 0 radical (unpaired) electrons. The Hall–Kier alpha value is -2.47. The van der Waals surface area contributed by atoms with Crippen molar-refractivity contribution in [2.75, 3.05) is 30.9 Å². The number of nitrogens with zero attached hydrogens (tertiary/aromatic N) is 2. The molecule has 3 saturated heterocycles. The Kier molecular flexibility index (Phi) is 7.69. The Bertz CT molecular complexity index is 1170. The number of thiazole rings is 1. The third-order valence-corrected chi connectivity index (χ3v) is 9.78. The summed E-state index contributed by atoms with van der Waals surface area (Å²) < 4.78 is 11.3. The van der Waals surface area contributed by atoms with E-state index in [4.69, 9.17) is 9.47 Å². The van der Waals surface area contributed by atoms with Crippen molar-refractivity contribution in [2.24, 2.45) is 5.92 Å². The Morgan fingerprint density at radius 3 is 2.50 bits per heavy atom. The van der Waals surface area contributed by atoms with Gasteiger partial charge in [-0.2, -0.15) is 0 Å². The quantitative estimate of drug-likeness (QED) is 0.537. The van der Waals surface area contributed by atoms with E-state index in [-0.39, 0.29) is 23.1 Å². The molecule has 3 unspecified atom stereocenters. The van der Waals surface area contributed by atoms with E-state index < -0.39 is 12.1 Å². The Labute approximate surface area is 230 Å². The van der Waals surface area contributed by atoms with Gasteiger partial charge in [-0.15, -0.1) is 23.1 Å². The molecule has 11 heteroatoms. The molecule has 3 aliphatic heterocycles. The molecular formula is C27H32N4O5S2. The van der Waals surface area contributed by atoms with Gasteiger partial charge >= 0.3 is 0 Å². The van der Waals surface area contributed by atoms with Crippen molar-refractivity contribution in [1.29, 1.82) is 0 Å². The number of anilines is 1. The lowest BCUT2D eigenvalue weighted by Gasteiger charge is -2.36. The SMILES string of the molecule is O=C(NC1CC1)c1ccc(-c2csc(NC(=O)C3CSC(C4CCOCC4)N3C(=O)C3CCCO3)n2)cc1. The van der Waals surface area contributed by atoms with E-state index in [0.29, 0.717) is 54.6 Å². The maximum Gasteiger partial charge on any atom is 0.253 e. The molecule has 38 heavy (non-hydrogen) atoms. The van der Waals surface area contributed by atoms with Crippen LogP contribution in [0.25, 0.3) is 11.3 Å².